The van der Waals surface area contributed by atoms with E-state index in [4.69, 9.17) is 19.3 Å². The molecule has 2 atom stereocenters. The minimum atomic E-state index is -5.30. The fourth-order valence-electron chi connectivity index (χ4n) is 4.82. The number of carbonyl (C=O) groups is 2. The highest BCUT2D eigenvalue weighted by Crippen LogP contribution is 2.57. The highest BCUT2D eigenvalue weighted by atomic mass is 31.3. The van der Waals surface area contributed by atoms with Gasteiger partial charge in [-0.2, -0.15) is 4.31 Å². The van der Waals surface area contributed by atoms with Crippen LogP contribution in [-0.2, 0) is 37.0 Å². The Morgan fingerprint density at radius 3 is 1.30 bits per heavy atom. The van der Waals surface area contributed by atoms with E-state index in [9.17, 15) is 23.6 Å². The van der Waals surface area contributed by atoms with Crippen LogP contribution in [0.4, 0.5) is 0 Å². The fraction of sp³-hybridized carbons (Fsp3) is 0.935. The molecule has 44 heavy (non-hydrogen) atoms. The highest BCUT2D eigenvalue weighted by molar-refractivity contribution is 7.60. The molecule has 0 aliphatic heterocycles. The Bertz CT molecular complexity index is 803. The summed E-state index contributed by atoms with van der Waals surface area (Å²) in [5.41, 5.74) is 0. The topological polar surface area (TPSA) is 166 Å². The van der Waals surface area contributed by atoms with Gasteiger partial charge in [-0.05, 0) is 12.8 Å². The molecule has 0 radical (unpaired) electrons. The molecule has 11 nitrogen and oxygen atoms in total. The van der Waals surface area contributed by atoms with Crippen molar-refractivity contribution in [1.82, 2.24) is 0 Å². The minimum Gasteiger partial charge on any atom is -0.462 e. The van der Waals surface area contributed by atoms with Gasteiger partial charge in [-0.15, -0.1) is 0 Å². The molecule has 0 fully saturated rings. The second-order valence-corrected chi connectivity index (χ2v) is 14.5. The van der Waals surface area contributed by atoms with Gasteiger partial charge in [-0.25, -0.2) is 9.13 Å². The maximum absolute atomic E-state index is 12.4. The number of phosphoric acid groups is 2. The molecule has 0 heterocycles. The van der Waals surface area contributed by atoms with Crippen LogP contribution < -0.4 is 0 Å². The zero-order valence-corrected chi connectivity index (χ0v) is 29.3. The van der Waals surface area contributed by atoms with Crippen molar-refractivity contribution in [1.29, 1.82) is 0 Å². The second kappa shape index (κ2) is 28.4. The molecular weight excluding hydrogens is 610 g/mol. The predicted molar refractivity (Wildman–Crippen MR) is 172 cm³/mol. The summed E-state index contributed by atoms with van der Waals surface area (Å²) in [5.74, 6) is -1.08. The first-order chi connectivity index (χ1) is 21.0. The number of unbranched alkanes of at least 4 members (excludes halogenated alkanes) is 20. The number of rotatable bonds is 32. The lowest BCUT2D eigenvalue weighted by Gasteiger charge is -2.20. The van der Waals surface area contributed by atoms with Gasteiger partial charge in [0, 0.05) is 12.8 Å². The van der Waals surface area contributed by atoms with Crippen molar-refractivity contribution in [3.63, 3.8) is 0 Å². The largest absolute Gasteiger partial charge is 0.481 e. The van der Waals surface area contributed by atoms with E-state index in [0.29, 0.717) is 12.8 Å². The standard InChI is InChI=1S/C31H62O11P2/c1-3-5-7-9-11-13-15-17-19-21-23-25-30(32)39-27-29(28-40-44(37,38)42-43(34,35)36)41-31(33)26-24-22-20-18-16-14-12-10-8-6-4-2/h29H,3-28H2,1-2H3,(H,37,38)(H2,34,35,36)/t29-/m1/s1. The Morgan fingerprint density at radius 2 is 0.909 bits per heavy atom. The van der Waals surface area contributed by atoms with Crippen molar-refractivity contribution in [2.75, 3.05) is 13.2 Å². The quantitative estimate of drug-likeness (QED) is 0.0354. The SMILES string of the molecule is CCCCCCCCCCCCCC(=O)OC[C@H](COP(=O)(O)OP(=O)(O)O)OC(=O)CCCCCCCCCCCCC. The lowest BCUT2D eigenvalue weighted by atomic mass is 10.1. The van der Waals surface area contributed by atoms with E-state index in [1.807, 2.05) is 0 Å². The normalized spacial score (nSPS) is 13.8. The number of hydrogen-bond acceptors (Lipinski definition) is 8. The van der Waals surface area contributed by atoms with Crippen LogP contribution in [0.3, 0.4) is 0 Å². The molecule has 0 amide bonds. The Hall–Kier alpha value is -0.800. The molecular formula is C31H62O11P2. The summed E-state index contributed by atoms with van der Waals surface area (Å²) in [6.45, 7) is 3.25. The molecule has 0 aliphatic rings. The number of esters is 2. The molecule has 0 aromatic heterocycles. The van der Waals surface area contributed by atoms with E-state index in [2.05, 4.69) is 22.7 Å². The van der Waals surface area contributed by atoms with Gasteiger partial charge in [-0.3, -0.25) is 14.1 Å². The summed E-state index contributed by atoms with van der Waals surface area (Å²) in [4.78, 5) is 51.8. The van der Waals surface area contributed by atoms with Gasteiger partial charge in [0.2, 0.25) is 0 Å². The van der Waals surface area contributed by atoms with Crippen LogP contribution in [0.5, 0.6) is 0 Å². The van der Waals surface area contributed by atoms with E-state index >= 15 is 0 Å². The van der Waals surface area contributed by atoms with Gasteiger partial charge in [0.15, 0.2) is 6.10 Å². The van der Waals surface area contributed by atoms with Crippen molar-refractivity contribution in [3.05, 3.63) is 0 Å². The van der Waals surface area contributed by atoms with Crippen molar-refractivity contribution in [2.24, 2.45) is 0 Å². The van der Waals surface area contributed by atoms with Gasteiger partial charge in [0.1, 0.15) is 6.61 Å². The van der Waals surface area contributed by atoms with E-state index < -0.39 is 46.9 Å². The first kappa shape index (κ1) is 43.2. The summed E-state index contributed by atoms with van der Waals surface area (Å²) < 4.78 is 41.7. The third-order valence-electron chi connectivity index (χ3n) is 7.33. The monoisotopic (exact) mass is 672 g/mol. The van der Waals surface area contributed by atoms with Gasteiger partial charge in [-0.1, -0.05) is 142 Å². The molecule has 0 spiro atoms. The molecule has 13 heteroatoms. The molecule has 1 unspecified atom stereocenters. The summed E-state index contributed by atoms with van der Waals surface area (Å²) in [5, 5.41) is 0. The van der Waals surface area contributed by atoms with Gasteiger partial charge in [0.25, 0.3) is 0 Å². The van der Waals surface area contributed by atoms with E-state index in [-0.39, 0.29) is 12.8 Å². The molecule has 0 aromatic carbocycles. The third kappa shape index (κ3) is 31.2. The smallest absolute Gasteiger partial charge is 0.462 e. The summed E-state index contributed by atoms with van der Waals surface area (Å²) in [6.07, 6.45) is 24.1. The first-order valence-electron chi connectivity index (χ1n) is 17.1. The Balaban J connectivity index is 4.37. The Morgan fingerprint density at radius 1 is 0.545 bits per heavy atom. The predicted octanol–water partition coefficient (Wildman–Crippen LogP) is 9.07. The van der Waals surface area contributed by atoms with Gasteiger partial charge in [0.05, 0.1) is 6.61 Å². The lowest BCUT2D eigenvalue weighted by Crippen LogP contribution is -2.29. The van der Waals surface area contributed by atoms with Crippen molar-refractivity contribution in [3.8, 4) is 0 Å². The molecule has 0 aliphatic carbocycles. The van der Waals surface area contributed by atoms with Crippen LogP contribution in [0, 0.1) is 0 Å². The van der Waals surface area contributed by atoms with Crippen molar-refractivity contribution < 1.29 is 51.7 Å². The molecule has 0 saturated heterocycles. The number of ether oxygens (including phenoxy) is 2. The summed E-state index contributed by atoms with van der Waals surface area (Å²) in [6, 6.07) is 0. The van der Waals surface area contributed by atoms with Gasteiger partial charge < -0.3 is 24.2 Å². The van der Waals surface area contributed by atoms with Crippen LogP contribution in [0.2, 0.25) is 0 Å². The lowest BCUT2D eigenvalue weighted by molar-refractivity contribution is -0.161. The maximum Gasteiger partial charge on any atom is 0.481 e. The second-order valence-electron chi connectivity index (χ2n) is 11.7. The number of phosphoric ester groups is 1. The van der Waals surface area contributed by atoms with E-state index in [1.54, 1.807) is 0 Å². The fourth-order valence-corrected chi connectivity index (χ4v) is 6.44. The average molecular weight is 673 g/mol. The summed E-state index contributed by atoms with van der Waals surface area (Å²) in [7, 11) is -10.4. The van der Waals surface area contributed by atoms with Crippen LogP contribution in [-0.4, -0.2) is 45.9 Å². The molecule has 0 rings (SSSR count). The maximum atomic E-state index is 12.4. The molecule has 3 N–H and O–H groups in total. The van der Waals surface area contributed by atoms with Crippen LogP contribution in [0.15, 0.2) is 0 Å². The highest BCUT2D eigenvalue weighted by Gasteiger charge is 2.34. The average Bonchev–Trinajstić information content (AvgIpc) is 2.94. The van der Waals surface area contributed by atoms with Crippen LogP contribution in [0.1, 0.15) is 168 Å². The molecule has 0 saturated carbocycles. The van der Waals surface area contributed by atoms with E-state index in [1.165, 1.54) is 89.9 Å². The zero-order valence-electron chi connectivity index (χ0n) is 27.5. The number of hydrogen-bond donors (Lipinski definition) is 3. The number of carbonyl (C=O) groups excluding carboxylic acids is 2. The molecule has 0 bridgehead atoms. The molecule has 0 aromatic rings. The summed E-state index contributed by atoms with van der Waals surface area (Å²) >= 11 is 0. The Labute approximate surface area is 266 Å². The Kier molecular flexibility index (Phi) is 27.9. The minimum absolute atomic E-state index is 0.121. The first-order valence-corrected chi connectivity index (χ1v) is 20.1. The van der Waals surface area contributed by atoms with Crippen LogP contribution in [0.25, 0.3) is 0 Å². The van der Waals surface area contributed by atoms with Crippen LogP contribution >= 0.6 is 15.6 Å². The van der Waals surface area contributed by atoms with Crippen molar-refractivity contribution >= 4 is 27.6 Å². The van der Waals surface area contributed by atoms with E-state index in [0.717, 1.165) is 38.5 Å². The molecule has 262 valence electrons. The van der Waals surface area contributed by atoms with Crippen molar-refractivity contribution in [2.45, 2.75) is 174 Å². The van der Waals surface area contributed by atoms with Gasteiger partial charge >= 0.3 is 27.6 Å². The third-order valence-corrected chi connectivity index (χ3v) is 9.48. The zero-order chi connectivity index (χ0) is 32.9.